The van der Waals surface area contributed by atoms with Gasteiger partial charge in [0.2, 0.25) is 5.56 Å². The van der Waals surface area contributed by atoms with E-state index in [0.29, 0.717) is 22.3 Å². The Bertz CT molecular complexity index is 1140. The number of nitrogens with zero attached hydrogens (tertiary/aromatic N) is 2. The van der Waals surface area contributed by atoms with E-state index in [9.17, 15) is 4.79 Å². The van der Waals surface area contributed by atoms with Crippen LogP contribution in [0.5, 0.6) is 0 Å². The first-order chi connectivity index (χ1) is 12.0. The molecule has 0 spiro atoms. The molecule has 1 N–H and O–H groups in total. The lowest BCUT2D eigenvalue weighted by molar-refractivity contribution is 0.547. The van der Waals surface area contributed by atoms with Crippen LogP contribution in [0.2, 0.25) is 5.15 Å². The number of furan rings is 1. The standard InChI is InChI=1S/C19H14ClN3O2/c1-10-7-13(9-16(20)21-10)14-8-12-4-6-17(24)22-19(12)23-18(14)15-5-3-11(2)25-15/h3-9H,1-2H3,(H,22,23,24). The number of halogens is 1. The Morgan fingerprint density at radius 1 is 1.04 bits per heavy atom. The zero-order valence-electron chi connectivity index (χ0n) is 13.6. The number of nitrogens with one attached hydrogen (secondary N) is 1. The van der Waals surface area contributed by atoms with Gasteiger partial charge < -0.3 is 9.40 Å². The second-order valence-corrected chi connectivity index (χ2v) is 6.26. The highest BCUT2D eigenvalue weighted by molar-refractivity contribution is 6.29. The summed E-state index contributed by atoms with van der Waals surface area (Å²) in [4.78, 5) is 23.3. The van der Waals surface area contributed by atoms with Gasteiger partial charge in [-0.25, -0.2) is 9.97 Å². The average molecular weight is 352 g/mol. The third kappa shape index (κ3) is 2.94. The lowest BCUT2D eigenvalue weighted by atomic mass is 10.0. The van der Waals surface area contributed by atoms with Crippen LogP contribution in [-0.2, 0) is 0 Å². The normalized spacial score (nSPS) is 11.2. The number of aromatic nitrogens is 3. The third-order valence-electron chi connectivity index (χ3n) is 3.91. The molecule has 0 aromatic carbocycles. The van der Waals surface area contributed by atoms with Crippen LogP contribution < -0.4 is 5.56 Å². The van der Waals surface area contributed by atoms with Crippen molar-refractivity contribution >= 4 is 22.6 Å². The van der Waals surface area contributed by atoms with Crippen LogP contribution >= 0.6 is 11.6 Å². The summed E-state index contributed by atoms with van der Waals surface area (Å²) in [6.45, 7) is 3.76. The molecule has 0 fully saturated rings. The van der Waals surface area contributed by atoms with E-state index in [4.69, 9.17) is 16.0 Å². The monoisotopic (exact) mass is 351 g/mol. The first-order valence-corrected chi connectivity index (χ1v) is 8.13. The maximum atomic E-state index is 11.6. The minimum atomic E-state index is -0.197. The average Bonchev–Trinajstić information content (AvgIpc) is 2.99. The van der Waals surface area contributed by atoms with Gasteiger partial charge in [0, 0.05) is 22.7 Å². The van der Waals surface area contributed by atoms with Gasteiger partial charge in [0.15, 0.2) is 5.76 Å². The van der Waals surface area contributed by atoms with Crippen LogP contribution in [0.3, 0.4) is 0 Å². The van der Waals surface area contributed by atoms with Crippen LogP contribution in [0.1, 0.15) is 11.5 Å². The lowest BCUT2D eigenvalue weighted by Gasteiger charge is -2.10. The summed E-state index contributed by atoms with van der Waals surface area (Å²) < 4.78 is 5.77. The molecule has 0 atom stereocenters. The second kappa shape index (κ2) is 5.86. The van der Waals surface area contributed by atoms with E-state index in [1.807, 2.05) is 38.1 Å². The summed E-state index contributed by atoms with van der Waals surface area (Å²) in [5.74, 6) is 1.41. The zero-order valence-corrected chi connectivity index (χ0v) is 14.4. The molecule has 0 radical (unpaired) electrons. The van der Waals surface area contributed by atoms with Crippen molar-refractivity contribution in [2.45, 2.75) is 13.8 Å². The van der Waals surface area contributed by atoms with Crippen molar-refractivity contribution in [1.29, 1.82) is 0 Å². The third-order valence-corrected chi connectivity index (χ3v) is 4.11. The van der Waals surface area contributed by atoms with Crippen molar-refractivity contribution in [1.82, 2.24) is 15.0 Å². The van der Waals surface area contributed by atoms with Crippen molar-refractivity contribution in [2.24, 2.45) is 0 Å². The first kappa shape index (κ1) is 15.6. The quantitative estimate of drug-likeness (QED) is 0.539. The summed E-state index contributed by atoms with van der Waals surface area (Å²) in [5, 5.41) is 1.24. The van der Waals surface area contributed by atoms with Gasteiger partial charge in [0.1, 0.15) is 22.3 Å². The predicted octanol–water partition coefficient (Wildman–Crippen LogP) is 4.52. The Kier molecular flexibility index (Phi) is 3.66. The fraction of sp³-hybridized carbons (Fsp3) is 0.105. The van der Waals surface area contributed by atoms with E-state index in [1.165, 1.54) is 6.07 Å². The Balaban J connectivity index is 2.06. The summed E-state index contributed by atoms with van der Waals surface area (Å²) in [6.07, 6.45) is 0. The van der Waals surface area contributed by atoms with Gasteiger partial charge in [-0.2, -0.15) is 0 Å². The number of H-pyrrole nitrogens is 1. The molecule has 4 rings (SSSR count). The second-order valence-electron chi connectivity index (χ2n) is 5.88. The number of rotatable bonds is 2. The largest absolute Gasteiger partial charge is 0.460 e. The van der Waals surface area contributed by atoms with Gasteiger partial charge in [-0.15, -0.1) is 0 Å². The first-order valence-electron chi connectivity index (χ1n) is 7.75. The highest BCUT2D eigenvalue weighted by Gasteiger charge is 2.15. The van der Waals surface area contributed by atoms with Crippen molar-refractivity contribution < 1.29 is 4.42 Å². The topological polar surface area (TPSA) is 71.8 Å². The van der Waals surface area contributed by atoms with E-state index in [-0.39, 0.29) is 5.56 Å². The molecule has 6 heteroatoms. The summed E-state index contributed by atoms with van der Waals surface area (Å²) in [7, 11) is 0. The van der Waals surface area contributed by atoms with E-state index < -0.39 is 0 Å². The highest BCUT2D eigenvalue weighted by Crippen LogP contribution is 2.34. The Labute approximate surface area is 148 Å². The molecule has 4 aromatic heterocycles. The van der Waals surface area contributed by atoms with Crippen molar-refractivity contribution in [3.05, 3.63) is 69.4 Å². The van der Waals surface area contributed by atoms with Gasteiger partial charge in [0.05, 0.1) is 0 Å². The van der Waals surface area contributed by atoms with Crippen LogP contribution in [0.4, 0.5) is 0 Å². The Morgan fingerprint density at radius 3 is 2.60 bits per heavy atom. The summed E-state index contributed by atoms with van der Waals surface area (Å²) in [5.41, 5.74) is 3.52. The van der Waals surface area contributed by atoms with E-state index in [0.717, 1.165) is 28.0 Å². The molecule has 0 aliphatic heterocycles. The van der Waals surface area contributed by atoms with Gasteiger partial charge in [-0.3, -0.25) is 4.79 Å². The van der Waals surface area contributed by atoms with E-state index >= 15 is 0 Å². The summed E-state index contributed by atoms with van der Waals surface area (Å²) in [6, 6.07) is 12.7. The Morgan fingerprint density at radius 2 is 1.88 bits per heavy atom. The van der Waals surface area contributed by atoms with E-state index in [2.05, 4.69) is 15.0 Å². The van der Waals surface area contributed by atoms with Crippen LogP contribution in [0.15, 0.2) is 51.7 Å². The van der Waals surface area contributed by atoms with Gasteiger partial charge in [-0.1, -0.05) is 11.6 Å². The molecule has 124 valence electrons. The summed E-state index contributed by atoms with van der Waals surface area (Å²) >= 11 is 6.14. The molecule has 0 amide bonds. The van der Waals surface area contributed by atoms with Crippen molar-refractivity contribution in [3.8, 4) is 22.6 Å². The molecule has 4 aromatic rings. The van der Waals surface area contributed by atoms with Crippen LogP contribution in [-0.4, -0.2) is 15.0 Å². The van der Waals surface area contributed by atoms with Crippen LogP contribution in [0.25, 0.3) is 33.6 Å². The number of fused-ring (bicyclic) bond motifs is 1. The number of hydrogen-bond acceptors (Lipinski definition) is 4. The minimum absolute atomic E-state index is 0.197. The molecular weight excluding hydrogens is 338 g/mol. The molecule has 25 heavy (non-hydrogen) atoms. The van der Waals surface area contributed by atoms with Gasteiger partial charge in [0.25, 0.3) is 0 Å². The van der Waals surface area contributed by atoms with Crippen molar-refractivity contribution in [2.75, 3.05) is 0 Å². The molecule has 0 unspecified atom stereocenters. The molecular formula is C19H14ClN3O2. The predicted molar refractivity (Wildman–Crippen MR) is 97.8 cm³/mol. The van der Waals surface area contributed by atoms with Gasteiger partial charge >= 0.3 is 0 Å². The smallest absolute Gasteiger partial charge is 0.249 e. The highest BCUT2D eigenvalue weighted by atomic mass is 35.5. The molecule has 0 aliphatic rings. The SMILES string of the molecule is Cc1cc(-c2cc3ccc(=O)[nH]c3nc2-c2ccc(C)o2)cc(Cl)n1. The number of aryl methyl sites for hydroxylation is 2. The molecule has 0 saturated heterocycles. The fourth-order valence-corrected chi connectivity index (χ4v) is 3.08. The molecule has 4 heterocycles. The maximum Gasteiger partial charge on any atom is 0.249 e. The minimum Gasteiger partial charge on any atom is -0.460 e. The molecule has 0 aliphatic carbocycles. The number of aromatic amines is 1. The van der Waals surface area contributed by atoms with Crippen LogP contribution in [0, 0.1) is 13.8 Å². The molecule has 5 nitrogen and oxygen atoms in total. The maximum absolute atomic E-state index is 11.6. The van der Waals surface area contributed by atoms with Gasteiger partial charge in [-0.05, 0) is 55.8 Å². The van der Waals surface area contributed by atoms with Crippen molar-refractivity contribution in [3.63, 3.8) is 0 Å². The van der Waals surface area contributed by atoms with E-state index in [1.54, 1.807) is 12.1 Å². The Hall–Kier alpha value is -2.92. The lowest BCUT2D eigenvalue weighted by Crippen LogP contribution is -2.04. The molecule has 0 bridgehead atoms. The molecule has 0 saturated carbocycles. The number of pyridine rings is 3. The zero-order chi connectivity index (χ0) is 17.6. The number of hydrogen-bond donors (Lipinski definition) is 1. The fourth-order valence-electron chi connectivity index (χ4n) is 2.83.